The molecule has 0 aromatic carbocycles. The van der Waals surface area contributed by atoms with Crippen molar-refractivity contribution >= 4 is 10.3 Å². The number of hydrogen-bond acceptors (Lipinski definition) is 3. The molecular formula is C4H11NO4S. The van der Waals surface area contributed by atoms with E-state index < -0.39 is 15.8 Å². The van der Waals surface area contributed by atoms with Crippen LogP contribution < -0.4 is 4.72 Å². The minimum Gasteiger partial charge on any atom is -0.394 e. The standard InChI is InChI=1S/C4H11NO4S/c1-4(2,3-6)5-10(7,8)9/h5-6H,3H2,1-2H3,(H,7,8,9). The second-order valence-corrected chi connectivity index (χ2v) is 3.77. The summed E-state index contributed by atoms with van der Waals surface area (Å²) in [4.78, 5) is 0. The Morgan fingerprint density at radius 3 is 2.00 bits per heavy atom. The molecule has 3 N–H and O–H groups in total. The molecule has 0 aliphatic rings. The molecule has 10 heavy (non-hydrogen) atoms. The highest BCUT2D eigenvalue weighted by Crippen LogP contribution is 2.00. The lowest BCUT2D eigenvalue weighted by atomic mass is 10.1. The lowest BCUT2D eigenvalue weighted by Crippen LogP contribution is -2.45. The maximum atomic E-state index is 10.1. The van der Waals surface area contributed by atoms with Gasteiger partial charge in [0.2, 0.25) is 0 Å². The molecular weight excluding hydrogens is 158 g/mol. The Labute approximate surface area is 59.9 Å². The number of nitrogens with one attached hydrogen (secondary N) is 1. The zero-order chi connectivity index (χ0) is 8.41. The van der Waals surface area contributed by atoms with Crippen molar-refractivity contribution in [1.29, 1.82) is 0 Å². The van der Waals surface area contributed by atoms with Crippen LogP contribution in [0.2, 0.25) is 0 Å². The summed E-state index contributed by atoms with van der Waals surface area (Å²) < 4.78 is 30.3. The number of hydrogen-bond donors (Lipinski definition) is 3. The third kappa shape index (κ3) is 4.68. The van der Waals surface area contributed by atoms with Gasteiger partial charge in [-0.1, -0.05) is 0 Å². The summed E-state index contributed by atoms with van der Waals surface area (Å²) in [5.41, 5.74) is -1.01. The van der Waals surface area contributed by atoms with E-state index in [2.05, 4.69) is 0 Å². The fourth-order valence-corrected chi connectivity index (χ4v) is 1.14. The average Bonchev–Trinajstić information content (AvgIpc) is 1.60. The summed E-state index contributed by atoms with van der Waals surface area (Å²) in [5.74, 6) is 0. The summed E-state index contributed by atoms with van der Waals surface area (Å²) in [6.45, 7) is 2.52. The molecule has 0 aliphatic heterocycles. The van der Waals surface area contributed by atoms with Crippen molar-refractivity contribution < 1.29 is 18.1 Å². The molecule has 0 saturated heterocycles. The molecule has 0 fully saturated rings. The van der Waals surface area contributed by atoms with E-state index in [0.717, 1.165) is 0 Å². The Bertz CT molecular complexity index is 195. The predicted octanol–water partition coefficient (Wildman–Crippen LogP) is -0.850. The Balaban J connectivity index is 4.16. The van der Waals surface area contributed by atoms with Crippen molar-refractivity contribution in [3.8, 4) is 0 Å². The molecule has 0 atom stereocenters. The second kappa shape index (κ2) is 2.83. The lowest BCUT2D eigenvalue weighted by Gasteiger charge is -2.20. The Morgan fingerprint density at radius 1 is 1.50 bits per heavy atom. The van der Waals surface area contributed by atoms with Crippen molar-refractivity contribution in [3.63, 3.8) is 0 Å². The van der Waals surface area contributed by atoms with E-state index in [1.165, 1.54) is 13.8 Å². The van der Waals surface area contributed by atoms with Gasteiger partial charge in [0.15, 0.2) is 0 Å². The average molecular weight is 169 g/mol. The minimum absolute atomic E-state index is 0.368. The van der Waals surface area contributed by atoms with E-state index >= 15 is 0 Å². The molecule has 6 heteroatoms. The van der Waals surface area contributed by atoms with Gasteiger partial charge in [-0.3, -0.25) is 4.55 Å². The summed E-state index contributed by atoms with van der Waals surface area (Å²) in [6.07, 6.45) is 0. The van der Waals surface area contributed by atoms with Crippen LogP contribution in [0.1, 0.15) is 13.8 Å². The van der Waals surface area contributed by atoms with Crippen LogP contribution in [0, 0.1) is 0 Å². The highest BCUT2D eigenvalue weighted by molar-refractivity contribution is 7.83. The zero-order valence-electron chi connectivity index (χ0n) is 5.83. The topological polar surface area (TPSA) is 86.6 Å². The molecule has 0 saturated carbocycles. The summed E-state index contributed by atoms with van der Waals surface area (Å²) in [7, 11) is -4.20. The van der Waals surface area contributed by atoms with Gasteiger partial charge in [-0.15, -0.1) is 0 Å². The van der Waals surface area contributed by atoms with Crippen molar-refractivity contribution in [1.82, 2.24) is 4.72 Å². The molecule has 0 aromatic rings. The SMILES string of the molecule is CC(C)(CO)NS(=O)(=O)O. The fraction of sp³-hybridized carbons (Fsp3) is 1.00. The number of rotatable bonds is 3. The largest absolute Gasteiger partial charge is 0.394 e. The van der Waals surface area contributed by atoms with Gasteiger partial charge in [-0.2, -0.15) is 13.1 Å². The Kier molecular flexibility index (Phi) is 2.78. The quantitative estimate of drug-likeness (QED) is 0.480. The van der Waals surface area contributed by atoms with Gasteiger partial charge in [0.05, 0.1) is 12.1 Å². The summed E-state index contributed by atoms with van der Waals surface area (Å²) >= 11 is 0. The van der Waals surface area contributed by atoms with Crippen molar-refractivity contribution in [2.75, 3.05) is 6.61 Å². The van der Waals surface area contributed by atoms with Gasteiger partial charge in [0.25, 0.3) is 0 Å². The maximum absolute atomic E-state index is 10.1. The Hall–Kier alpha value is -0.170. The second-order valence-electron chi connectivity index (χ2n) is 2.62. The zero-order valence-corrected chi connectivity index (χ0v) is 6.64. The first-order chi connectivity index (χ1) is 4.27. The molecule has 0 aliphatic carbocycles. The molecule has 0 rings (SSSR count). The minimum atomic E-state index is -4.20. The molecule has 0 bridgehead atoms. The maximum Gasteiger partial charge on any atom is 0.333 e. The van der Waals surface area contributed by atoms with Crippen LogP contribution >= 0.6 is 0 Å². The van der Waals surface area contributed by atoms with Gasteiger partial charge in [0, 0.05) is 0 Å². The molecule has 0 amide bonds. The summed E-state index contributed by atoms with van der Waals surface area (Å²) in [6, 6.07) is 0. The van der Waals surface area contributed by atoms with Gasteiger partial charge in [0.1, 0.15) is 0 Å². The van der Waals surface area contributed by atoms with E-state index in [0.29, 0.717) is 0 Å². The molecule has 0 aromatic heterocycles. The number of aliphatic hydroxyl groups excluding tert-OH is 1. The monoisotopic (exact) mass is 169 g/mol. The van der Waals surface area contributed by atoms with Crippen LogP contribution in [0.5, 0.6) is 0 Å². The van der Waals surface area contributed by atoms with Gasteiger partial charge >= 0.3 is 10.3 Å². The highest BCUT2D eigenvalue weighted by atomic mass is 32.2. The molecule has 5 nitrogen and oxygen atoms in total. The van der Waals surface area contributed by atoms with Gasteiger partial charge < -0.3 is 5.11 Å². The molecule has 0 heterocycles. The van der Waals surface area contributed by atoms with Gasteiger partial charge in [-0.25, -0.2) is 0 Å². The van der Waals surface area contributed by atoms with Crippen LogP contribution in [0.15, 0.2) is 0 Å². The predicted molar refractivity (Wildman–Crippen MR) is 35.8 cm³/mol. The van der Waals surface area contributed by atoms with E-state index in [4.69, 9.17) is 9.66 Å². The van der Waals surface area contributed by atoms with E-state index in [1.54, 1.807) is 0 Å². The third-order valence-corrected chi connectivity index (χ3v) is 1.61. The molecule has 0 unspecified atom stereocenters. The Morgan fingerprint density at radius 2 is 1.90 bits per heavy atom. The van der Waals surface area contributed by atoms with E-state index in [1.807, 2.05) is 4.72 Å². The number of aliphatic hydroxyl groups is 1. The molecule has 0 spiro atoms. The summed E-state index contributed by atoms with van der Waals surface area (Å²) in [5, 5.41) is 8.52. The van der Waals surface area contributed by atoms with Crippen LogP contribution in [-0.4, -0.2) is 30.2 Å². The van der Waals surface area contributed by atoms with Crippen molar-refractivity contribution in [2.24, 2.45) is 0 Å². The smallest absolute Gasteiger partial charge is 0.333 e. The molecule has 0 radical (unpaired) electrons. The first kappa shape index (κ1) is 9.83. The lowest BCUT2D eigenvalue weighted by molar-refractivity contribution is 0.205. The van der Waals surface area contributed by atoms with E-state index in [-0.39, 0.29) is 6.61 Å². The van der Waals surface area contributed by atoms with Crippen molar-refractivity contribution in [3.05, 3.63) is 0 Å². The normalized spacial score (nSPS) is 13.6. The van der Waals surface area contributed by atoms with Crippen molar-refractivity contribution in [2.45, 2.75) is 19.4 Å². The van der Waals surface area contributed by atoms with E-state index in [9.17, 15) is 8.42 Å². The molecule has 62 valence electrons. The first-order valence-corrected chi connectivity index (χ1v) is 4.08. The fourth-order valence-electron chi connectivity index (χ4n) is 0.381. The van der Waals surface area contributed by atoms with Gasteiger partial charge in [-0.05, 0) is 13.8 Å². The first-order valence-electron chi connectivity index (χ1n) is 2.64. The third-order valence-electron chi connectivity index (χ3n) is 0.801. The van der Waals surface area contributed by atoms with Crippen LogP contribution in [0.25, 0.3) is 0 Å². The van der Waals surface area contributed by atoms with Crippen LogP contribution in [0.4, 0.5) is 0 Å². The van der Waals surface area contributed by atoms with Crippen LogP contribution in [0.3, 0.4) is 0 Å². The highest BCUT2D eigenvalue weighted by Gasteiger charge is 2.21. The van der Waals surface area contributed by atoms with Crippen LogP contribution in [-0.2, 0) is 10.3 Å².